The third-order valence-electron chi connectivity index (χ3n) is 6.47. The number of pyridine rings is 1. The summed E-state index contributed by atoms with van der Waals surface area (Å²) in [5.41, 5.74) is 2.20. The third kappa shape index (κ3) is 5.76. The molecule has 36 heavy (non-hydrogen) atoms. The second-order valence-electron chi connectivity index (χ2n) is 10.4. The molecule has 1 aliphatic rings. The van der Waals surface area contributed by atoms with Crippen molar-refractivity contribution in [2.24, 2.45) is 5.92 Å². The third-order valence-corrected chi connectivity index (χ3v) is 7.51. The summed E-state index contributed by atoms with van der Waals surface area (Å²) in [4.78, 5) is 18.7. The van der Waals surface area contributed by atoms with Crippen LogP contribution in [0.25, 0.3) is 20.8 Å². The molecule has 5 N–H and O–H groups in total. The number of hydrogen-bond acceptors (Lipinski definition) is 11. The molecule has 3 aromatic heterocycles. The summed E-state index contributed by atoms with van der Waals surface area (Å²) in [6.07, 6.45) is 0.679. The van der Waals surface area contributed by atoms with Crippen molar-refractivity contribution in [2.45, 2.75) is 77.4 Å². The van der Waals surface area contributed by atoms with Gasteiger partial charge < -0.3 is 30.7 Å². The highest BCUT2D eigenvalue weighted by Gasteiger charge is 2.43. The second-order valence-corrected chi connectivity index (χ2v) is 11.4. The van der Waals surface area contributed by atoms with E-state index in [4.69, 9.17) is 14.7 Å². The molecule has 3 heterocycles. The van der Waals surface area contributed by atoms with E-state index < -0.39 is 23.9 Å². The quantitative estimate of drug-likeness (QED) is 0.288. The Hall–Kier alpha value is -2.44. The molecule has 0 bridgehead atoms. The monoisotopic (exact) mass is 516 g/mol. The smallest absolute Gasteiger partial charge is 0.225 e. The lowest BCUT2D eigenvalue weighted by Gasteiger charge is -2.24. The van der Waals surface area contributed by atoms with Crippen LogP contribution >= 0.6 is 11.3 Å². The highest BCUT2D eigenvalue weighted by molar-refractivity contribution is 7.21. The molecule has 0 unspecified atom stereocenters. The van der Waals surface area contributed by atoms with Gasteiger partial charge in [-0.25, -0.2) is 9.97 Å². The van der Waals surface area contributed by atoms with Crippen LogP contribution in [-0.2, 0) is 4.74 Å². The Kier molecular flexibility index (Phi) is 7.77. The number of aromatic nitrogens is 4. The molecular formula is C25H36N6O4S. The topological polar surface area (TPSA) is 146 Å². The minimum atomic E-state index is -1.01. The summed E-state index contributed by atoms with van der Waals surface area (Å²) < 4.78 is 6.24. The van der Waals surface area contributed by atoms with Crippen LogP contribution in [-0.4, -0.2) is 78.9 Å². The number of nitrogens with one attached hydrogen (secondary N) is 2. The fourth-order valence-corrected chi connectivity index (χ4v) is 6.00. The molecule has 1 fully saturated rings. The van der Waals surface area contributed by atoms with Gasteiger partial charge in [0.15, 0.2) is 0 Å². The second kappa shape index (κ2) is 10.5. The zero-order valence-corrected chi connectivity index (χ0v) is 22.4. The van der Waals surface area contributed by atoms with Crippen LogP contribution < -0.4 is 10.6 Å². The van der Waals surface area contributed by atoms with Gasteiger partial charge in [-0.15, -0.1) is 11.3 Å². The lowest BCUT2D eigenvalue weighted by atomic mass is 9.91. The van der Waals surface area contributed by atoms with Crippen molar-refractivity contribution in [1.82, 2.24) is 19.9 Å². The SMILES string of the molecule is COC[C@@H](C)Nc1nc(C)c(-c2nc3c(C)nccc3s2)c(N[C@@H]2C[C@H](CC(C)(C)O)[C@@H](O)[C@H]2O)n1. The predicted octanol–water partition coefficient (Wildman–Crippen LogP) is 2.90. The summed E-state index contributed by atoms with van der Waals surface area (Å²) in [7, 11) is 1.64. The first kappa shape index (κ1) is 26.6. The average Bonchev–Trinajstić information content (AvgIpc) is 3.30. The first-order valence-corrected chi connectivity index (χ1v) is 13.0. The number of rotatable bonds is 9. The molecule has 1 saturated carbocycles. The van der Waals surface area contributed by atoms with Crippen molar-refractivity contribution in [2.75, 3.05) is 24.4 Å². The van der Waals surface area contributed by atoms with Gasteiger partial charge in [-0.1, -0.05) is 0 Å². The summed E-state index contributed by atoms with van der Waals surface area (Å²) in [6.45, 7) is 9.72. The normalized spacial score (nSPS) is 23.2. The van der Waals surface area contributed by atoms with Crippen molar-refractivity contribution >= 4 is 33.3 Å². The van der Waals surface area contributed by atoms with E-state index in [1.54, 1.807) is 27.2 Å². The zero-order chi connectivity index (χ0) is 26.2. The molecule has 0 amide bonds. The highest BCUT2D eigenvalue weighted by Crippen LogP contribution is 2.39. The maximum atomic E-state index is 10.9. The van der Waals surface area contributed by atoms with Crippen LogP contribution in [0.5, 0.6) is 0 Å². The first-order valence-electron chi connectivity index (χ1n) is 12.2. The Bertz CT molecular complexity index is 1210. The van der Waals surface area contributed by atoms with Gasteiger partial charge in [-0.05, 0) is 59.4 Å². The van der Waals surface area contributed by atoms with Crippen molar-refractivity contribution in [3.8, 4) is 10.6 Å². The van der Waals surface area contributed by atoms with Crippen molar-refractivity contribution in [1.29, 1.82) is 0 Å². The largest absolute Gasteiger partial charge is 0.390 e. The summed E-state index contributed by atoms with van der Waals surface area (Å²) in [6, 6.07) is 1.47. The van der Waals surface area contributed by atoms with E-state index in [9.17, 15) is 15.3 Å². The van der Waals surface area contributed by atoms with Crippen LogP contribution in [0.1, 0.15) is 45.0 Å². The molecule has 0 aromatic carbocycles. The minimum absolute atomic E-state index is 0.0145. The van der Waals surface area contributed by atoms with E-state index in [2.05, 4.69) is 20.6 Å². The Balaban J connectivity index is 1.73. The molecule has 0 aliphatic heterocycles. The molecule has 11 heteroatoms. The Labute approximate surface area is 215 Å². The number of aryl methyl sites for hydroxylation is 2. The minimum Gasteiger partial charge on any atom is -0.390 e. The van der Waals surface area contributed by atoms with Gasteiger partial charge in [0.25, 0.3) is 0 Å². The number of methoxy groups -OCH3 is 1. The summed E-state index contributed by atoms with van der Waals surface area (Å²) in [5, 5.41) is 39.2. The molecule has 196 valence electrons. The van der Waals surface area contributed by atoms with Crippen LogP contribution in [0.15, 0.2) is 12.3 Å². The van der Waals surface area contributed by atoms with Gasteiger partial charge >= 0.3 is 0 Å². The van der Waals surface area contributed by atoms with Crippen molar-refractivity contribution < 1.29 is 20.1 Å². The fourth-order valence-electron chi connectivity index (χ4n) is 4.89. The van der Waals surface area contributed by atoms with Crippen LogP contribution in [0.2, 0.25) is 0 Å². The molecule has 0 spiro atoms. The Morgan fingerprint density at radius 3 is 2.58 bits per heavy atom. The number of nitrogens with zero attached hydrogens (tertiary/aromatic N) is 4. The molecule has 3 aromatic rings. The molecule has 0 saturated heterocycles. The van der Waals surface area contributed by atoms with Crippen LogP contribution in [0.3, 0.4) is 0 Å². The van der Waals surface area contributed by atoms with E-state index in [0.717, 1.165) is 32.2 Å². The standard InChI is InChI=1S/C25H36N6O4S/c1-12(11-35-6)27-24-28-13(2)18(23-30-19-14(3)26-8-7-17(19)36-23)22(31-24)29-16-9-15(10-25(4,5)34)20(32)21(16)33/h7-8,12,15-16,20-21,32-34H,9-11H2,1-6H3,(H2,27,28,29,31)/t12-,15-,16-,20-,21+/m1/s1. The maximum absolute atomic E-state index is 10.9. The van der Waals surface area contributed by atoms with Gasteiger partial charge in [-0.3, -0.25) is 4.98 Å². The number of ether oxygens (including phenoxy) is 1. The first-order chi connectivity index (χ1) is 17.0. The van der Waals surface area contributed by atoms with E-state index in [1.165, 1.54) is 11.3 Å². The number of hydrogen-bond donors (Lipinski definition) is 5. The number of thiazole rings is 1. The van der Waals surface area contributed by atoms with Gasteiger partial charge in [0, 0.05) is 19.3 Å². The summed E-state index contributed by atoms with van der Waals surface area (Å²) in [5.74, 6) is 0.710. The van der Waals surface area contributed by atoms with E-state index in [0.29, 0.717) is 31.2 Å². The number of aliphatic hydroxyl groups is 3. The van der Waals surface area contributed by atoms with Gasteiger partial charge in [0.1, 0.15) is 22.4 Å². The lowest BCUT2D eigenvalue weighted by molar-refractivity contribution is -0.0132. The number of fused-ring (bicyclic) bond motifs is 1. The van der Waals surface area contributed by atoms with Crippen LogP contribution in [0.4, 0.5) is 11.8 Å². The summed E-state index contributed by atoms with van der Waals surface area (Å²) >= 11 is 1.53. The van der Waals surface area contributed by atoms with Gasteiger partial charge in [0.2, 0.25) is 5.95 Å². The van der Waals surface area contributed by atoms with E-state index in [1.807, 2.05) is 26.8 Å². The van der Waals surface area contributed by atoms with E-state index >= 15 is 0 Å². The molecule has 0 radical (unpaired) electrons. The van der Waals surface area contributed by atoms with Crippen LogP contribution in [0, 0.1) is 19.8 Å². The Morgan fingerprint density at radius 1 is 1.17 bits per heavy atom. The molecule has 4 rings (SSSR count). The number of aliphatic hydroxyl groups excluding tert-OH is 2. The average molecular weight is 517 g/mol. The molecule has 1 aliphatic carbocycles. The zero-order valence-electron chi connectivity index (χ0n) is 21.6. The van der Waals surface area contributed by atoms with Gasteiger partial charge in [0.05, 0.1) is 46.0 Å². The van der Waals surface area contributed by atoms with Crippen molar-refractivity contribution in [3.05, 3.63) is 23.7 Å². The van der Waals surface area contributed by atoms with Gasteiger partial charge in [-0.2, -0.15) is 4.98 Å². The van der Waals surface area contributed by atoms with Crippen molar-refractivity contribution in [3.63, 3.8) is 0 Å². The predicted molar refractivity (Wildman–Crippen MR) is 141 cm³/mol. The maximum Gasteiger partial charge on any atom is 0.225 e. The lowest BCUT2D eigenvalue weighted by Crippen LogP contribution is -2.36. The number of anilines is 2. The fraction of sp³-hybridized carbons (Fsp3) is 0.600. The highest BCUT2D eigenvalue weighted by atomic mass is 32.1. The molecular weight excluding hydrogens is 480 g/mol. The molecule has 10 nitrogen and oxygen atoms in total. The Morgan fingerprint density at radius 2 is 1.92 bits per heavy atom. The molecule has 5 atom stereocenters. The van der Waals surface area contributed by atoms with E-state index in [-0.39, 0.29) is 12.0 Å².